The van der Waals surface area contributed by atoms with Gasteiger partial charge in [0.2, 0.25) is 0 Å². The van der Waals surface area contributed by atoms with E-state index >= 15 is 0 Å². The lowest BCUT2D eigenvalue weighted by molar-refractivity contribution is 0.103. The number of amides is 1. The monoisotopic (exact) mass is 413 g/mol. The third-order valence-electron chi connectivity index (χ3n) is 4.95. The van der Waals surface area contributed by atoms with Gasteiger partial charge in [-0.1, -0.05) is 27.2 Å². The Labute approximate surface area is 173 Å². The molecule has 29 heavy (non-hydrogen) atoms. The van der Waals surface area contributed by atoms with E-state index in [1.54, 1.807) is 18.3 Å². The zero-order chi connectivity index (χ0) is 20.6. The summed E-state index contributed by atoms with van der Waals surface area (Å²) >= 11 is 1.37. The van der Waals surface area contributed by atoms with Crippen LogP contribution in [0.4, 0.5) is 10.1 Å². The van der Waals surface area contributed by atoms with Gasteiger partial charge in [-0.2, -0.15) is 0 Å². The highest BCUT2D eigenvalue weighted by Gasteiger charge is 2.22. The molecule has 0 saturated heterocycles. The fraction of sp³-hybridized carbons (Fsp3) is 0.429. The van der Waals surface area contributed by atoms with Crippen LogP contribution in [0.2, 0.25) is 0 Å². The van der Waals surface area contributed by atoms with Crippen LogP contribution in [-0.4, -0.2) is 25.7 Å². The van der Waals surface area contributed by atoms with Gasteiger partial charge in [0.15, 0.2) is 5.82 Å². The molecule has 0 spiro atoms. The van der Waals surface area contributed by atoms with Crippen molar-refractivity contribution < 1.29 is 9.18 Å². The first-order valence-electron chi connectivity index (χ1n) is 9.82. The molecule has 0 saturated carbocycles. The highest BCUT2D eigenvalue weighted by Crippen LogP contribution is 2.29. The van der Waals surface area contributed by atoms with Crippen LogP contribution in [0, 0.1) is 5.82 Å². The smallest absolute Gasteiger partial charge is 0.267 e. The number of carbonyl (C=O) groups excluding carboxylic acids is 1. The third-order valence-corrected chi connectivity index (χ3v) is 6.37. The molecule has 0 unspecified atom stereocenters. The van der Waals surface area contributed by atoms with Gasteiger partial charge in [-0.05, 0) is 31.0 Å². The van der Waals surface area contributed by atoms with Gasteiger partial charge in [-0.25, -0.2) is 9.37 Å². The maximum atomic E-state index is 14.6. The standard InChI is InChI=1S/C21H24FN5OS/c1-21(2,3)20-23-12-16(29-20)19(28)24-13-8-9-15(22)14(11-13)18-26-25-17-7-5-4-6-10-27(17)18/h8-9,11-12H,4-7,10H2,1-3H3,(H,24,28). The summed E-state index contributed by atoms with van der Waals surface area (Å²) in [6.45, 7) is 6.95. The van der Waals surface area contributed by atoms with Crippen molar-refractivity contribution in [2.75, 3.05) is 5.32 Å². The molecule has 1 aliphatic heterocycles. The average Bonchev–Trinajstić information content (AvgIpc) is 3.26. The Hall–Kier alpha value is -2.61. The van der Waals surface area contributed by atoms with Crippen LogP contribution in [-0.2, 0) is 18.4 Å². The molecule has 0 atom stereocenters. The van der Waals surface area contributed by atoms with Crippen LogP contribution in [0.3, 0.4) is 0 Å². The largest absolute Gasteiger partial charge is 0.321 e. The van der Waals surface area contributed by atoms with E-state index in [1.165, 1.54) is 17.4 Å². The van der Waals surface area contributed by atoms with Gasteiger partial charge < -0.3 is 9.88 Å². The molecule has 3 aromatic rings. The fourth-order valence-corrected chi connectivity index (χ4v) is 4.25. The molecule has 4 rings (SSSR count). The molecule has 152 valence electrons. The van der Waals surface area contributed by atoms with E-state index in [1.807, 2.05) is 4.57 Å². The predicted octanol–water partition coefficient (Wildman–Crippen LogP) is 4.82. The highest BCUT2D eigenvalue weighted by molar-refractivity contribution is 7.13. The second-order valence-corrected chi connectivity index (χ2v) is 9.36. The number of thiazole rings is 1. The van der Waals surface area contributed by atoms with Crippen LogP contribution in [0.15, 0.2) is 24.4 Å². The van der Waals surface area contributed by atoms with Crippen molar-refractivity contribution in [2.45, 2.75) is 58.4 Å². The molecule has 6 nitrogen and oxygen atoms in total. The van der Waals surface area contributed by atoms with E-state index in [0.717, 1.165) is 43.1 Å². The summed E-state index contributed by atoms with van der Waals surface area (Å²) in [5, 5.41) is 12.2. The number of nitrogens with one attached hydrogen (secondary N) is 1. The van der Waals surface area contributed by atoms with Crippen molar-refractivity contribution >= 4 is 22.9 Å². The number of rotatable bonds is 3. The summed E-state index contributed by atoms with van der Waals surface area (Å²) in [6.07, 6.45) is 5.67. The number of aromatic nitrogens is 4. The van der Waals surface area contributed by atoms with E-state index in [-0.39, 0.29) is 17.1 Å². The third kappa shape index (κ3) is 4.07. The van der Waals surface area contributed by atoms with E-state index in [0.29, 0.717) is 22.0 Å². The summed E-state index contributed by atoms with van der Waals surface area (Å²) in [6, 6.07) is 4.54. The lowest BCUT2D eigenvalue weighted by Crippen LogP contribution is -2.11. The normalized spacial score (nSPS) is 14.3. The van der Waals surface area contributed by atoms with Crippen LogP contribution >= 0.6 is 11.3 Å². The quantitative estimate of drug-likeness (QED) is 0.668. The number of nitrogens with zero attached hydrogens (tertiary/aromatic N) is 4. The number of halogens is 1. The number of aryl methyl sites for hydroxylation is 1. The summed E-state index contributed by atoms with van der Waals surface area (Å²) in [4.78, 5) is 17.5. The molecule has 1 N–H and O–H groups in total. The molecule has 0 bridgehead atoms. The Balaban J connectivity index is 1.60. The predicted molar refractivity (Wildman–Crippen MR) is 112 cm³/mol. The number of carbonyl (C=O) groups is 1. The van der Waals surface area contributed by atoms with Gasteiger partial charge in [0.1, 0.15) is 16.5 Å². The van der Waals surface area contributed by atoms with E-state index < -0.39 is 0 Å². The van der Waals surface area contributed by atoms with E-state index in [4.69, 9.17) is 0 Å². The molecule has 1 aromatic carbocycles. The highest BCUT2D eigenvalue weighted by atomic mass is 32.1. The lowest BCUT2D eigenvalue weighted by atomic mass is 9.98. The average molecular weight is 414 g/mol. The van der Waals surface area contributed by atoms with Gasteiger partial charge >= 0.3 is 0 Å². The van der Waals surface area contributed by atoms with Gasteiger partial charge in [0, 0.05) is 24.1 Å². The Bertz CT molecular complexity index is 1050. The minimum absolute atomic E-state index is 0.113. The van der Waals surface area contributed by atoms with Crippen LogP contribution in [0.1, 0.15) is 60.5 Å². The molecule has 0 radical (unpaired) electrons. The van der Waals surface area contributed by atoms with Crippen LogP contribution < -0.4 is 5.32 Å². The minimum Gasteiger partial charge on any atom is -0.321 e. The molecule has 0 aliphatic carbocycles. The molecule has 0 fully saturated rings. The Morgan fingerprint density at radius 2 is 2.03 bits per heavy atom. The van der Waals surface area contributed by atoms with Crippen molar-refractivity contribution in [1.29, 1.82) is 0 Å². The van der Waals surface area contributed by atoms with E-state index in [9.17, 15) is 9.18 Å². The van der Waals surface area contributed by atoms with Crippen LogP contribution in [0.25, 0.3) is 11.4 Å². The first-order chi connectivity index (χ1) is 13.8. The van der Waals surface area contributed by atoms with Gasteiger partial charge in [-0.3, -0.25) is 4.79 Å². The molecular formula is C21H24FN5OS. The zero-order valence-electron chi connectivity index (χ0n) is 16.8. The van der Waals surface area contributed by atoms with Crippen LogP contribution in [0.5, 0.6) is 0 Å². The number of hydrogen-bond acceptors (Lipinski definition) is 5. The maximum Gasteiger partial charge on any atom is 0.267 e. The summed E-state index contributed by atoms with van der Waals surface area (Å²) in [5.74, 6) is 0.778. The summed E-state index contributed by atoms with van der Waals surface area (Å²) in [7, 11) is 0. The second-order valence-electron chi connectivity index (χ2n) is 8.33. The van der Waals surface area contributed by atoms with Gasteiger partial charge in [0.25, 0.3) is 5.91 Å². The lowest BCUT2D eigenvalue weighted by Gasteiger charge is -2.13. The number of hydrogen-bond donors (Lipinski definition) is 1. The second kappa shape index (κ2) is 7.67. The number of anilines is 1. The van der Waals surface area contributed by atoms with Gasteiger partial charge in [-0.15, -0.1) is 21.5 Å². The minimum atomic E-state index is -0.379. The SMILES string of the molecule is CC(C)(C)c1ncc(C(=O)Nc2ccc(F)c(-c3nnc4n3CCCCC4)c2)s1. The zero-order valence-corrected chi connectivity index (χ0v) is 17.6. The van der Waals surface area contributed by atoms with Gasteiger partial charge in [0.05, 0.1) is 16.8 Å². The summed E-state index contributed by atoms with van der Waals surface area (Å²) in [5.41, 5.74) is 0.753. The van der Waals surface area contributed by atoms with Crippen molar-refractivity contribution in [1.82, 2.24) is 19.7 Å². The molecule has 1 amide bonds. The molecule has 2 aromatic heterocycles. The molecular weight excluding hydrogens is 389 g/mol. The Morgan fingerprint density at radius 3 is 2.79 bits per heavy atom. The Kier molecular flexibility index (Phi) is 5.21. The first kappa shape index (κ1) is 19.7. The number of fused-ring (bicyclic) bond motifs is 1. The molecule has 1 aliphatic rings. The molecule has 3 heterocycles. The first-order valence-corrected chi connectivity index (χ1v) is 10.6. The van der Waals surface area contributed by atoms with Crippen molar-refractivity contribution in [2.24, 2.45) is 0 Å². The van der Waals surface area contributed by atoms with E-state index in [2.05, 4.69) is 41.3 Å². The summed E-state index contributed by atoms with van der Waals surface area (Å²) < 4.78 is 16.6. The van der Waals surface area contributed by atoms with Crippen molar-refractivity contribution in [3.05, 3.63) is 45.9 Å². The Morgan fingerprint density at radius 1 is 1.21 bits per heavy atom. The molecule has 8 heteroatoms. The van der Waals surface area contributed by atoms with Crippen molar-refractivity contribution in [3.8, 4) is 11.4 Å². The maximum absolute atomic E-state index is 14.6. The van der Waals surface area contributed by atoms with Crippen molar-refractivity contribution in [3.63, 3.8) is 0 Å². The topological polar surface area (TPSA) is 72.7 Å². The fourth-order valence-electron chi connectivity index (χ4n) is 3.38. The number of benzene rings is 1.